The first-order chi connectivity index (χ1) is 10.7. The normalized spacial score (nSPS) is 20.0. The minimum absolute atomic E-state index is 0.217. The van der Waals surface area contributed by atoms with Crippen molar-refractivity contribution in [1.29, 1.82) is 0 Å². The van der Waals surface area contributed by atoms with E-state index in [2.05, 4.69) is 15.6 Å². The maximum absolute atomic E-state index is 14.3. The standard InChI is InChI=1S/C16H23FN4O/c17-14-10-12(16(22)20-13-4-2-1-3-5-13)11-19-15(14)21-8-6-18-7-9-21/h10-11,13,18H,1-9H2,(H,20,22). The summed E-state index contributed by atoms with van der Waals surface area (Å²) in [5, 5.41) is 6.22. The topological polar surface area (TPSA) is 57.3 Å². The van der Waals surface area contributed by atoms with E-state index in [1.165, 1.54) is 18.7 Å². The molecule has 1 aliphatic carbocycles. The number of amides is 1. The van der Waals surface area contributed by atoms with Gasteiger partial charge in [0.1, 0.15) is 0 Å². The molecule has 1 aromatic heterocycles. The Morgan fingerprint density at radius 3 is 2.68 bits per heavy atom. The van der Waals surface area contributed by atoms with Crippen molar-refractivity contribution in [2.24, 2.45) is 0 Å². The lowest BCUT2D eigenvalue weighted by Crippen LogP contribution is -2.44. The lowest BCUT2D eigenvalue weighted by molar-refractivity contribution is 0.0927. The maximum atomic E-state index is 14.3. The summed E-state index contributed by atoms with van der Waals surface area (Å²) in [6.45, 7) is 3.12. The van der Waals surface area contributed by atoms with Crippen LogP contribution in [-0.4, -0.2) is 43.1 Å². The Bertz CT molecular complexity index is 525. The fraction of sp³-hybridized carbons (Fsp3) is 0.625. The van der Waals surface area contributed by atoms with Crippen molar-refractivity contribution in [1.82, 2.24) is 15.6 Å². The number of nitrogens with zero attached hydrogens (tertiary/aromatic N) is 2. The maximum Gasteiger partial charge on any atom is 0.253 e. The van der Waals surface area contributed by atoms with Gasteiger partial charge >= 0.3 is 0 Å². The molecule has 1 amide bonds. The van der Waals surface area contributed by atoms with Crippen LogP contribution in [0, 0.1) is 5.82 Å². The van der Waals surface area contributed by atoms with Gasteiger partial charge in [0.15, 0.2) is 11.6 Å². The van der Waals surface area contributed by atoms with Gasteiger partial charge in [0.25, 0.3) is 5.91 Å². The second kappa shape index (κ2) is 7.05. The van der Waals surface area contributed by atoms with E-state index < -0.39 is 5.82 Å². The van der Waals surface area contributed by atoms with E-state index in [0.29, 0.717) is 11.4 Å². The molecule has 0 atom stereocenters. The lowest BCUT2D eigenvalue weighted by Gasteiger charge is -2.28. The van der Waals surface area contributed by atoms with Gasteiger partial charge in [0.2, 0.25) is 0 Å². The van der Waals surface area contributed by atoms with E-state index in [4.69, 9.17) is 0 Å². The molecular formula is C16H23FN4O. The van der Waals surface area contributed by atoms with Gasteiger partial charge in [0, 0.05) is 38.4 Å². The first-order valence-corrected chi connectivity index (χ1v) is 8.16. The number of hydrogen-bond acceptors (Lipinski definition) is 4. The van der Waals surface area contributed by atoms with Crippen molar-refractivity contribution in [2.45, 2.75) is 38.1 Å². The highest BCUT2D eigenvalue weighted by Gasteiger charge is 2.20. The minimum atomic E-state index is -0.418. The summed E-state index contributed by atoms with van der Waals surface area (Å²) < 4.78 is 14.3. The van der Waals surface area contributed by atoms with Gasteiger partial charge in [-0.1, -0.05) is 19.3 Å². The van der Waals surface area contributed by atoms with Crippen molar-refractivity contribution in [2.75, 3.05) is 31.1 Å². The number of anilines is 1. The number of piperazine rings is 1. The van der Waals surface area contributed by atoms with Gasteiger partial charge in [-0.25, -0.2) is 9.37 Å². The Morgan fingerprint density at radius 2 is 2.00 bits per heavy atom. The molecule has 2 heterocycles. The summed E-state index contributed by atoms with van der Waals surface area (Å²) >= 11 is 0. The fourth-order valence-electron chi connectivity index (χ4n) is 3.18. The molecule has 0 spiro atoms. The van der Waals surface area contributed by atoms with E-state index in [-0.39, 0.29) is 11.9 Å². The molecular weight excluding hydrogens is 283 g/mol. The van der Waals surface area contributed by atoms with E-state index in [1.54, 1.807) is 0 Å². The predicted octanol–water partition coefficient (Wildman–Crippen LogP) is 1.69. The zero-order valence-corrected chi connectivity index (χ0v) is 12.8. The molecule has 2 fully saturated rings. The molecule has 2 N–H and O–H groups in total. The molecule has 1 saturated carbocycles. The zero-order chi connectivity index (χ0) is 15.4. The third kappa shape index (κ3) is 3.55. The van der Waals surface area contributed by atoms with Crippen LogP contribution >= 0.6 is 0 Å². The van der Waals surface area contributed by atoms with Gasteiger partial charge in [0.05, 0.1) is 5.56 Å². The quantitative estimate of drug-likeness (QED) is 0.892. The van der Waals surface area contributed by atoms with Crippen LogP contribution in [0.25, 0.3) is 0 Å². The first kappa shape index (κ1) is 15.2. The van der Waals surface area contributed by atoms with Gasteiger partial charge in [-0.3, -0.25) is 4.79 Å². The van der Waals surface area contributed by atoms with Crippen LogP contribution in [0.2, 0.25) is 0 Å². The summed E-state index contributed by atoms with van der Waals surface area (Å²) in [5.41, 5.74) is 0.307. The van der Waals surface area contributed by atoms with Crippen molar-refractivity contribution in [3.63, 3.8) is 0 Å². The van der Waals surface area contributed by atoms with Gasteiger partial charge in [-0.05, 0) is 18.9 Å². The SMILES string of the molecule is O=C(NC1CCCCC1)c1cnc(N2CCNCC2)c(F)c1. The summed E-state index contributed by atoms with van der Waals surface area (Å²) in [4.78, 5) is 18.3. The number of carbonyl (C=O) groups is 1. The molecule has 120 valence electrons. The molecule has 3 rings (SSSR count). The van der Waals surface area contributed by atoms with Crippen molar-refractivity contribution in [3.05, 3.63) is 23.6 Å². The van der Waals surface area contributed by atoms with Crippen LogP contribution in [0.15, 0.2) is 12.3 Å². The molecule has 1 aliphatic heterocycles. The number of rotatable bonds is 3. The van der Waals surface area contributed by atoms with Crippen LogP contribution in [0.3, 0.4) is 0 Å². The summed E-state index contributed by atoms with van der Waals surface area (Å²) in [7, 11) is 0. The van der Waals surface area contributed by atoms with E-state index in [1.807, 2.05) is 4.90 Å². The van der Waals surface area contributed by atoms with Gasteiger partial charge < -0.3 is 15.5 Å². The van der Waals surface area contributed by atoms with E-state index in [0.717, 1.165) is 51.9 Å². The summed E-state index contributed by atoms with van der Waals surface area (Å²) in [6.07, 6.45) is 7.06. The molecule has 0 radical (unpaired) electrons. The first-order valence-electron chi connectivity index (χ1n) is 8.16. The van der Waals surface area contributed by atoms with Crippen molar-refractivity contribution < 1.29 is 9.18 Å². The van der Waals surface area contributed by atoms with Gasteiger partial charge in [-0.2, -0.15) is 0 Å². The molecule has 22 heavy (non-hydrogen) atoms. The smallest absolute Gasteiger partial charge is 0.253 e. The highest BCUT2D eigenvalue weighted by atomic mass is 19.1. The highest BCUT2D eigenvalue weighted by Crippen LogP contribution is 2.20. The molecule has 0 aromatic carbocycles. The van der Waals surface area contributed by atoms with Crippen LogP contribution in [0.1, 0.15) is 42.5 Å². The van der Waals surface area contributed by atoms with Crippen molar-refractivity contribution in [3.8, 4) is 0 Å². The molecule has 1 aromatic rings. The number of halogens is 1. The van der Waals surface area contributed by atoms with Crippen LogP contribution in [0.5, 0.6) is 0 Å². The van der Waals surface area contributed by atoms with Crippen LogP contribution in [-0.2, 0) is 0 Å². The predicted molar refractivity (Wildman–Crippen MR) is 83.6 cm³/mol. The molecule has 0 bridgehead atoms. The van der Waals surface area contributed by atoms with Crippen LogP contribution in [0.4, 0.5) is 10.2 Å². The number of carbonyl (C=O) groups excluding carboxylic acids is 1. The number of nitrogens with one attached hydrogen (secondary N) is 2. The molecule has 2 aliphatic rings. The van der Waals surface area contributed by atoms with Gasteiger partial charge in [-0.15, -0.1) is 0 Å². The second-order valence-corrected chi connectivity index (χ2v) is 6.07. The molecule has 0 unspecified atom stereocenters. The third-order valence-electron chi connectivity index (χ3n) is 4.44. The molecule has 1 saturated heterocycles. The Balaban J connectivity index is 1.66. The molecule has 6 heteroatoms. The Hall–Kier alpha value is -1.69. The number of aromatic nitrogens is 1. The summed E-state index contributed by atoms with van der Waals surface area (Å²) in [5.74, 6) is -0.293. The minimum Gasteiger partial charge on any atom is -0.352 e. The number of hydrogen-bond donors (Lipinski definition) is 2. The van der Waals surface area contributed by atoms with E-state index >= 15 is 0 Å². The summed E-state index contributed by atoms with van der Waals surface area (Å²) in [6, 6.07) is 1.53. The monoisotopic (exact) mass is 306 g/mol. The average Bonchev–Trinajstić information content (AvgIpc) is 2.56. The second-order valence-electron chi connectivity index (χ2n) is 6.07. The zero-order valence-electron chi connectivity index (χ0n) is 12.8. The highest BCUT2D eigenvalue weighted by molar-refractivity contribution is 5.94. The fourth-order valence-corrected chi connectivity index (χ4v) is 3.18. The number of pyridine rings is 1. The Morgan fingerprint density at radius 1 is 1.27 bits per heavy atom. The van der Waals surface area contributed by atoms with E-state index in [9.17, 15) is 9.18 Å². The third-order valence-corrected chi connectivity index (χ3v) is 4.44. The average molecular weight is 306 g/mol. The van der Waals surface area contributed by atoms with Crippen LogP contribution < -0.4 is 15.5 Å². The lowest BCUT2D eigenvalue weighted by atomic mass is 9.95. The van der Waals surface area contributed by atoms with Crippen molar-refractivity contribution >= 4 is 11.7 Å². The largest absolute Gasteiger partial charge is 0.352 e. The molecule has 5 nitrogen and oxygen atoms in total. The Labute approximate surface area is 130 Å². The Kier molecular flexibility index (Phi) is 4.87.